The minimum atomic E-state index is -0.251. The van der Waals surface area contributed by atoms with Crippen molar-refractivity contribution >= 4 is 17.9 Å². The van der Waals surface area contributed by atoms with Crippen LogP contribution in [0.4, 0.5) is 10.7 Å². The first-order chi connectivity index (χ1) is 13.1. The van der Waals surface area contributed by atoms with Crippen LogP contribution in [-0.4, -0.2) is 70.6 Å². The van der Waals surface area contributed by atoms with Gasteiger partial charge in [0.25, 0.3) is 5.91 Å². The SMILES string of the molecule is CCCN(CCC)C(=O)c1cnc(NC2CCN(C(=O)OCC)CC2)nc1. The predicted molar refractivity (Wildman–Crippen MR) is 104 cm³/mol. The van der Waals surface area contributed by atoms with E-state index in [-0.39, 0.29) is 18.0 Å². The van der Waals surface area contributed by atoms with E-state index < -0.39 is 0 Å². The van der Waals surface area contributed by atoms with E-state index in [9.17, 15) is 9.59 Å². The molecule has 27 heavy (non-hydrogen) atoms. The maximum Gasteiger partial charge on any atom is 0.409 e. The number of nitrogens with zero attached hydrogens (tertiary/aromatic N) is 4. The molecule has 0 unspecified atom stereocenters. The summed E-state index contributed by atoms with van der Waals surface area (Å²) >= 11 is 0. The van der Waals surface area contributed by atoms with Gasteiger partial charge in [-0.05, 0) is 32.6 Å². The molecule has 2 rings (SSSR count). The monoisotopic (exact) mass is 377 g/mol. The number of carbonyl (C=O) groups is 2. The second-order valence-corrected chi connectivity index (χ2v) is 6.69. The number of aromatic nitrogens is 2. The molecule has 1 aliphatic heterocycles. The molecule has 0 aliphatic carbocycles. The number of hydrogen-bond donors (Lipinski definition) is 1. The second kappa shape index (κ2) is 10.7. The molecule has 1 N–H and O–H groups in total. The lowest BCUT2D eigenvalue weighted by atomic mass is 10.1. The Morgan fingerprint density at radius 1 is 1.15 bits per heavy atom. The third kappa shape index (κ3) is 6.08. The number of piperidine rings is 1. The minimum absolute atomic E-state index is 0.0204. The van der Waals surface area contributed by atoms with Crippen molar-refractivity contribution in [3.05, 3.63) is 18.0 Å². The summed E-state index contributed by atoms with van der Waals surface area (Å²) in [6.45, 7) is 9.11. The molecule has 2 heterocycles. The lowest BCUT2D eigenvalue weighted by Crippen LogP contribution is -2.42. The fourth-order valence-electron chi connectivity index (χ4n) is 3.15. The maximum absolute atomic E-state index is 12.6. The summed E-state index contributed by atoms with van der Waals surface area (Å²) in [5, 5.41) is 3.29. The van der Waals surface area contributed by atoms with Crippen molar-refractivity contribution < 1.29 is 14.3 Å². The van der Waals surface area contributed by atoms with Gasteiger partial charge in [0.15, 0.2) is 0 Å². The Bertz CT molecular complexity index is 594. The van der Waals surface area contributed by atoms with E-state index in [0.717, 1.165) is 38.8 Å². The normalized spacial score (nSPS) is 14.7. The lowest BCUT2D eigenvalue weighted by Gasteiger charge is -2.31. The Balaban J connectivity index is 1.87. The van der Waals surface area contributed by atoms with Crippen LogP contribution in [0.3, 0.4) is 0 Å². The molecule has 0 aromatic carbocycles. The van der Waals surface area contributed by atoms with Crippen molar-refractivity contribution in [2.75, 3.05) is 38.1 Å². The summed E-state index contributed by atoms with van der Waals surface area (Å²) in [6, 6.07) is 0.203. The van der Waals surface area contributed by atoms with Gasteiger partial charge >= 0.3 is 6.09 Å². The summed E-state index contributed by atoms with van der Waals surface area (Å²) in [5.41, 5.74) is 0.514. The molecule has 150 valence electrons. The Hall–Kier alpha value is -2.38. The molecule has 2 amide bonds. The van der Waals surface area contributed by atoms with Crippen LogP contribution in [0.5, 0.6) is 0 Å². The molecule has 1 aromatic rings. The molecule has 1 saturated heterocycles. The summed E-state index contributed by atoms with van der Waals surface area (Å²) in [7, 11) is 0. The molecule has 1 aliphatic rings. The zero-order valence-corrected chi connectivity index (χ0v) is 16.6. The molecule has 0 atom stereocenters. The zero-order valence-electron chi connectivity index (χ0n) is 16.6. The van der Waals surface area contributed by atoms with Crippen molar-refractivity contribution in [1.82, 2.24) is 19.8 Å². The smallest absolute Gasteiger partial charge is 0.409 e. The Kier molecular flexibility index (Phi) is 8.29. The van der Waals surface area contributed by atoms with Gasteiger partial charge in [-0.3, -0.25) is 4.79 Å². The van der Waals surface area contributed by atoms with Gasteiger partial charge in [-0.15, -0.1) is 0 Å². The number of carbonyl (C=O) groups excluding carboxylic acids is 2. The van der Waals surface area contributed by atoms with E-state index >= 15 is 0 Å². The quantitative estimate of drug-likeness (QED) is 0.749. The number of ether oxygens (including phenoxy) is 1. The van der Waals surface area contributed by atoms with E-state index in [1.165, 1.54) is 0 Å². The Morgan fingerprint density at radius 3 is 2.26 bits per heavy atom. The number of rotatable bonds is 8. The van der Waals surface area contributed by atoms with Gasteiger partial charge in [0.2, 0.25) is 5.95 Å². The van der Waals surface area contributed by atoms with Crippen LogP contribution in [0.15, 0.2) is 12.4 Å². The highest BCUT2D eigenvalue weighted by Gasteiger charge is 2.24. The molecule has 1 aromatic heterocycles. The van der Waals surface area contributed by atoms with Gasteiger partial charge in [0.1, 0.15) is 0 Å². The van der Waals surface area contributed by atoms with Crippen molar-refractivity contribution in [2.45, 2.75) is 52.5 Å². The molecule has 0 bridgehead atoms. The number of amides is 2. The topological polar surface area (TPSA) is 87.7 Å². The largest absolute Gasteiger partial charge is 0.450 e. The summed E-state index contributed by atoms with van der Waals surface area (Å²) in [4.78, 5) is 36.5. The molecular weight excluding hydrogens is 346 g/mol. The van der Waals surface area contributed by atoms with E-state index in [4.69, 9.17) is 4.74 Å². The fourth-order valence-corrected chi connectivity index (χ4v) is 3.15. The highest BCUT2D eigenvalue weighted by molar-refractivity contribution is 5.93. The standard InChI is InChI=1S/C19H31N5O3/c1-4-9-23(10-5-2)17(25)15-13-20-18(21-14-15)22-16-7-11-24(12-8-16)19(26)27-6-3/h13-14,16H,4-12H2,1-3H3,(H,20,21,22). The van der Waals surface area contributed by atoms with E-state index in [1.807, 2.05) is 11.8 Å². The van der Waals surface area contributed by atoms with Crippen LogP contribution >= 0.6 is 0 Å². The number of nitrogens with one attached hydrogen (secondary N) is 1. The van der Waals surface area contributed by atoms with Crippen LogP contribution in [0.1, 0.15) is 56.8 Å². The third-order valence-electron chi connectivity index (χ3n) is 4.53. The molecular formula is C19H31N5O3. The number of likely N-dealkylation sites (tertiary alicyclic amines) is 1. The van der Waals surface area contributed by atoms with Crippen molar-refractivity contribution in [3.63, 3.8) is 0 Å². The van der Waals surface area contributed by atoms with Crippen molar-refractivity contribution in [1.29, 1.82) is 0 Å². The van der Waals surface area contributed by atoms with Gasteiger partial charge in [-0.1, -0.05) is 13.8 Å². The highest BCUT2D eigenvalue weighted by Crippen LogP contribution is 2.15. The summed E-state index contributed by atoms with van der Waals surface area (Å²) < 4.78 is 5.03. The third-order valence-corrected chi connectivity index (χ3v) is 4.53. The second-order valence-electron chi connectivity index (χ2n) is 6.69. The van der Waals surface area contributed by atoms with Crippen LogP contribution in [-0.2, 0) is 4.74 Å². The Morgan fingerprint density at radius 2 is 1.74 bits per heavy atom. The summed E-state index contributed by atoms with van der Waals surface area (Å²) in [6.07, 6.45) is 6.40. The van der Waals surface area contributed by atoms with E-state index in [1.54, 1.807) is 17.3 Å². The molecule has 1 fully saturated rings. The van der Waals surface area contributed by atoms with E-state index in [0.29, 0.717) is 31.2 Å². The number of hydrogen-bond acceptors (Lipinski definition) is 6. The van der Waals surface area contributed by atoms with Crippen LogP contribution in [0, 0.1) is 0 Å². The molecule has 0 saturated carbocycles. The Labute approximate surface area is 161 Å². The first kappa shape index (κ1) is 20.9. The zero-order chi connectivity index (χ0) is 19.6. The fraction of sp³-hybridized carbons (Fsp3) is 0.684. The molecule has 8 heteroatoms. The maximum atomic E-state index is 12.6. The van der Waals surface area contributed by atoms with Crippen molar-refractivity contribution in [2.24, 2.45) is 0 Å². The molecule has 8 nitrogen and oxygen atoms in total. The minimum Gasteiger partial charge on any atom is -0.450 e. The van der Waals surface area contributed by atoms with Gasteiger partial charge in [-0.2, -0.15) is 0 Å². The average Bonchev–Trinajstić information content (AvgIpc) is 2.68. The summed E-state index contributed by atoms with van der Waals surface area (Å²) in [5.74, 6) is 0.492. The molecule has 0 radical (unpaired) electrons. The predicted octanol–water partition coefficient (Wildman–Crippen LogP) is 2.77. The lowest BCUT2D eigenvalue weighted by molar-refractivity contribution is 0.0754. The number of anilines is 1. The van der Waals surface area contributed by atoms with Gasteiger partial charge < -0.3 is 19.9 Å². The van der Waals surface area contributed by atoms with Gasteiger partial charge in [0.05, 0.1) is 12.2 Å². The highest BCUT2D eigenvalue weighted by atomic mass is 16.6. The van der Waals surface area contributed by atoms with Crippen LogP contribution in [0.25, 0.3) is 0 Å². The first-order valence-corrected chi connectivity index (χ1v) is 9.88. The van der Waals surface area contributed by atoms with Crippen LogP contribution in [0.2, 0.25) is 0 Å². The van der Waals surface area contributed by atoms with Gasteiger partial charge in [0, 0.05) is 44.6 Å². The van der Waals surface area contributed by atoms with Crippen molar-refractivity contribution in [3.8, 4) is 0 Å². The van der Waals surface area contributed by atoms with Crippen LogP contribution < -0.4 is 5.32 Å². The first-order valence-electron chi connectivity index (χ1n) is 9.88. The molecule has 0 spiro atoms. The average molecular weight is 377 g/mol. The van der Waals surface area contributed by atoms with Gasteiger partial charge in [-0.25, -0.2) is 14.8 Å². The van der Waals surface area contributed by atoms with E-state index in [2.05, 4.69) is 29.1 Å².